The molecule has 2 aromatic rings. The number of ether oxygens (including phenoxy) is 1. The summed E-state index contributed by atoms with van der Waals surface area (Å²) in [4.78, 5) is 6.95. The molecule has 1 saturated carbocycles. The van der Waals surface area contributed by atoms with Gasteiger partial charge in [-0.25, -0.2) is 0 Å². The lowest BCUT2D eigenvalue weighted by atomic mass is 9.77. The quantitative estimate of drug-likeness (QED) is 0.880. The maximum Gasteiger partial charge on any atom is 0.257 e. The Bertz CT molecular complexity index is 719. The number of hydrogen-bond donors (Lipinski definition) is 1. The van der Waals surface area contributed by atoms with Gasteiger partial charge in [0, 0.05) is 25.2 Å². The van der Waals surface area contributed by atoms with E-state index in [1.54, 1.807) is 0 Å². The van der Waals surface area contributed by atoms with Gasteiger partial charge < -0.3 is 15.0 Å². The van der Waals surface area contributed by atoms with E-state index in [-0.39, 0.29) is 30.2 Å². The summed E-state index contributed by atoms with van der Waals surface area (Å²) < 4.78 is 11.2. The van der Waals surface area contributed by atoms with Crippen molar-refractivity contribution in [2.45, 2.75) is 57.4 Å². The first-order valence-corrected chi connectivity index (χ1v) is 9.12. The van der Waals surface area contributed by atoms with Crippen LogP contribution < -0.4 is 5.73 Å². The average Bonchev–Trinajstić information content (AvgIpc) is 3.02. The van der Waals surface area contributed by atoms with Gasteiger partial charge in [-0.3, -0.25) is 4.90 Å². The van der Waals surface area contributed by atoms with Gasteiger partial charge in [-0.15, -0.1) is 12.4 Å². The summed E-state index contributed by atoms with van der Waals surface area (Å²) >= 11 is 0. The predicted molar refractivity (Wildman–Crippen MR) is 102 cm³/mol. The molecule has 2 N–H and O–H groups in total. The molecule has 0 spiro atoms. The van der Waals surface area contributed by atoms with Gasteiger partial charge in [0.05, 0.1) is 17.7 Å². The molecule has 1 saturated heterocycles. The summed E-state index contributed by atoms with van der Waals surface area (Å²) in [6.07, 6.45) is 3.57. The monoisotopic (exact) mass is 378 g/mol. The number of morpholine rings is 1. The van der Waals surface area contributed by atoms with Crippen LogP contribution in [0.4, 0.5) is 0 Å². The Morgan fingerprint density at radius 3 is 2.38 bits per heavy atom. The van der Waals surface area contributed by atoms with Crippen molar-refractivity contribution in [3.8, 4) is 11.5 Å². The van der Waals surface area contributed by atoms with Crippen LogP contribution in [0.2, 0.25) is 0 Å². The first kappa shape index (κ1) is 19.3. The van der Waals surface area contributed by atoms with Crippen molar-refractivity contribution >= 4 is 12.4 Å². The van der Waals surface area contributed by atoms with Crippen LogP contribution in [0.3, 0.4) is 0 Å². The third kappa shape index (κ3) is 3.93. The highest BCUT2D eigenvalue weighted by Crippen LogP contribution is 2.37. The molecule has 2 fully saturated rings. The van der Waals surface area contributed by atoms with E-state index in [9.17, 15) is 0 Å². The van der Waals surface area contributed by atoms with Crippen molar-refractivity contribution in [3.63, 3.8) is 0 Å². The smallest absolute Gasteiger partial charge is 0.257 e. The third-order valence-electron chi connectivity index (χ3n) is 5.22. The molecule has 1 aromatic carbocycles. The Balaban J connectivity index is 0.00000196. The van der Waals surface area contributed by atoms with E-state index in [4.69, 9.17) is 15.0 Å². The van der Waals surface area contributed by atoms with Gasteiger partial charge in [0.1, 0.15) is 0 Å². The molecular formula is C19H27ClN4O2. The molecule has 0 radical (unpaired) electrons. The Morgan fingerprint density at radius 2 is 1.81 bits per heavy atom. The molecule has 6 nitrogen and oxygen atoms in total. The van der Waals surface area contributed by atoms with Crippen LogP contribution in [0.5, 0.6) is 0 Å². The van der Waals surface area contributed by atoms with Crippen LogP contribution in [-0.4, -0.2) is 40.3 Å². The fourth-order valence-corrected chi connectivity index (χ4v) is 3.75. The van der Waals surface area contributed by atoms with E-state index in [0.717, 1.165) is 44.5 Å². The molecule has 1 aliphatic carbocycles. The minimum absolute atomic E-state index is 0. The molecule has 0 bridgehead atoms. The van der Waals surface area contributed by atoms with Crippen LogP contribution >= 0.6 is 12.4 Å². The summed E-state index contributed by atoms with van der Waals surface area (Å²) in [5.41, 5.74) is 8.10. The highest BCUT2D eigenvalue weighted by molar-refractivity contribution is 5.85. The normalized spacial score (nSPS) is 25.3. The summed E-state index contributed by atoms with van der Waals surface area (Å²) in [5, 5.41) is 4.09. The van der Waals surface area contributed by atoms with E-state index in [2.05, 4.69) is 41.0 Å². The standard InChI is InChI=1S/C19H26N4O2.ClH/c1-13-10-23(11-14(2)24-13)12-15-4-6-16(7-5-15)17-21-18(22-25-17)19(20)8-3-9-19;/h4-7,13-14H,3,8-12,20H2,1-2H3;1H. The lowest BCUT2D eigenvalue weighted by molar-refractivity contribution is -0.0704. The fraction of sp³-hybridized carbons (Fsp3) is 0.579. The maximum absolute atomic E-state index is 6.27. The van der Waals surface area contributed by atoms with Gasteiger partial charge in [0.15, 0.2) is 5.82 Å². The molecule has 2 aliphatic rings. The molecule has 1 aromatic heterocycles. The van der Waals surface area contributed by atoms with Crippen LogP contribution in [-0.2, 0) is 16.8 Å². The van der Waals surface area contributed by atoms with E-state index < -0.39 is 0 Å². The minimum Gasteiger partial charge on any atom is -0.373 e. The Kier molecular flexibility index (Phi) is 5.67. The second-order valence-corrected chi connectivity index (χ2v) is 7.58. The SMILES string of the molecule is CC1CN(Cc2ccc(-c3nc(C4(N)CCC4)no3)cc2)CC(C)O1.Cl. The third-order valence-corrected chi connectivity index (χ3v) is 5.22. The van der Waals surface area contributed by atoms with Gasteiger partial charge in [0.2, 0.25) is 0 Å². The predicted octanol–water partition coefficient (Wildman–Crippen LogP) is 3.11. The Hall–Kier alpha value is -1.47. The number of hydrogen-bond acceptors (Lipinski definition) is 6. The molecule has 7 heteroatoms. The van der Waals surface area contributed by atoms with Crippen molar-refractivity contribution < 1.29 is 9.26 Å². The topological polar surface area (TPSA) is 77.4 Å². The molecule has 142 valence electrons. The summed E-state index contributed by atoms with van der Waals surface area (Å²) in [7, 11) is 0. The van der Waals surface area contributed by atoms with Crippen LogP contribution in [0.15, 0.2) is 28.8 Å². The van der Waals surface area contributed by atoms with Gasteiger partial charge >= 0.3 is 0 Å². The van der Waals surface area contributed by atoms with Gasteiger partial charge in [-0.2, -0.15) is 4.98 Å². The Labute approximate surface area is 160 Å². The highest BCUT2D eigenvalue weighted by Gasteiger charge is 2.39. The second kappa shape index (κ2) is 7.64. The van der Waals surface area contributed by atoms with Gasteiger partial charge in [-0.1, -0.05) is 17.3 Å². The highest BCUT2D eigenvalue weighted by atomic mass is 35.5. The first-order chi connectivity index (χ1) is 12.0. The average molecular weight is 379 g/mol. The van der Waals surface area contributed by atoms with Gasteiger partial charge in [-0.05, 0) is 50.8 Å². The van der Waals surface area contributed by atoms with Crippen LogP contribution in [0, 0.1) is 0 Å². The minimum atomic E-state index is -0.384. The van der Waals surface area contributed by atoms with Crippen LogP contribution in [0.25, 0.3) is 11.5 Å². The van der Waals surface area contributed by atoms with Crippen molar-refractivity contribution in [2.24, 2.45) is 5.73 Å². The van der Waals surface area contributed by atoms with E-state index in [0.29, 0.717) is 11.7 Å². The van der Waals surface area contributed by atoms with E-state index in [1.807, 2.05) is 12.1 Å². The first-order valence-electron chi connectivity index (χ1n) is 9.12. The molecule has 26 heavy (non-hydrogen) atoms. The largest absolute Gasteiger partial charge is 0.373 e. The lowest BCUT2D eigenvalue weighted by Crippen LogP contribution is -2.44. The zero-order valence-electron chi connectivity index (χ0n) is 15.4. The molecule has 1 aliphatic heterocycles. The molecule has 2 unspecified atom stereocenters. The fourth-order valence-electron chi connectivity index (χ4n) is 3.75. The molecule has 4 rings (SSSR count). The number of nitrogens with two attached hydrogens (primary N) is 1. The number of rotatable bonds is 4. The van der Waals surface area contributed by atoms with Crippen molar-refractivity contribution in [1.82, 2.24) is 15.0 Å². The van der Waals surface area contributed by atoms with E-state index in [1.165, 1.54) is 5.56 Å². The van der Waals surface area contributed by atoms with Crippen molar-refractivity contribution in [3.05, 3.63) is 35.7 Å². The second-order valence-electron chi connectivity index (χ2n) is 7.58. The Morgan fingerprint density at radius 1 is 1.15 bits per heavy atom. The molecule has 0 amide bonds. The number of halogens is 1. The van der Waals surface area contributed by atoms with Crippen molar-refractivity contribution in [2.75, 3.05) is 13.1 Å². The molecule has 2 heterocycles. The maximum atomic E-state index is 6.27. The number of aromatic nitrogens is 2. The zero-order valence-corrected chi connectivity index (χ0v) is 16.2. The number of benzene rings is 1. The number of nitrogens with zero attached hydrogens (tertiary/aromatic N) is 3. The molecular weight excluding hydrogens is 352 g/mol. The zero-order chi connectivity index (χ0) is 17.4. The van der Waals surface area contributed by atoms with Crippen molar-refractivity contribution in [1.29, 1.82) is 0 Å². The van der Waals surface area contributed by atoms with Crippen LogP contribution in [0.1, 0.15) is 44.5 Å². The molecule has 2 atom stereocenters. The summed E-state index contributed by atoms with van der Waals surface area (Å²) in [5.74, 6) is 1.18. The lowest BCUT2D eigenvalue weighted by Gasteiger charge is -2.35. The summed E-state index contributed by atoms with van der Waals surface area (Å²) in [6, 6.07) is 8.35. The van der Waals surface area contributed by atoms with Gasteiger partial charge in [0.25, 0.3) is 5.89 Å². The summed E-state index contributed by atoms with van der Waals surface area (Å²) in [6.45, 7) is 7.13. The van der Waals surface area contributed by atoms with E-state index >= 15 is 0 Å².